The average molecular weight is 308 g/mol. The predicted octanol–water partition coefficient (Wildman–Crippen LogP) is 3.94. The van der Waals surface area contributed by atoms with Gasteiger partial charge in [0.25, 0.3) is 0 Å². The summed E-state index contributed by atoms with van der Waals surface area (Å²) in [7, 11) is 1.73. The second-order valence-electron chi connectivity index (χ2n) is 5.98. The Labute approximate surface area is 137 Å². The Balaban J connectivity index is 1.54. The molecule has 0 spiro atoms. The van der Waals surface area contributed by atoms with E-state index in [9.17, 15) is 0 Å². The zero-order valence-corrected chi connectivity index (χ0v) is 13.8. The number of hydrogen-bond acceptors (Lipinski definition) is 2. The van der Waals surface area contributed by atoms with Gasteiger partial charge in [-0.25, -0.2) is 0 Å². The zero-order chi connectivity index (χ0) is 16.1. The van der Waals surface area contributed by atoms with Gasteiger partial charge in [-0.15, -0.1) is 0 Å². The van der Waals surface area contributed by atoms with Gasteiger partial charge >= 0.3 is 0 Å². The molecule has 0 aliphatic rings. The smallest absolute Gasteiger partial charge is 0.122 e. The summed E-state index contributed by atoms with van der Waals surface area (Å²) in [6.45, 7) is 3.19. The quantitative estimate of drug-likeness (QED) is 0.693. The van der Waals surface area contributed by atoms with Crippen LogP contribution in [0.4, 0.5) is 0 Å². The lowest BCUT2D eigenvalue weighted by atomic mass is 10.1. The predicted molar refractivity (Wildman–Crippen MR) is 96.2 cm³/mol. The van der Waals surface area contributed by atoms with E-state index in [2.05, 4.69) is 59.8 Å². The highest BCUT2D eigenvalue weighted by Gasteiger charge is 2.08. The summed E-state index contributed by atoms with van der Waals surface area (Å²) in [6.07, 6.45) is 4.12. The van der Waals surface area contributed by atoms with Crippen molar-refractivity contribution in [3.63, 3.8) is 0 Å². The van der Waals surface area contributed by atoms with Crippen LogP contribution in [0.25, 0.3) is 10.9 Å². The van der Waals surface area contributed by atoms with E-state index in [4.69, 9.17) is 4.74 Å². The molecule has 0 fully saturated rings. The number of aromatic nitrogens is 1. The number of methoxy groups -OCH3 is 1. The van der Waals surface area contributed by atoms with Crippen LogP contribution in [-0.2, 0) is 12.8 Å². The van der Waals surface area contributed by atoms with Crippen molar-refractivity contribution in [3.8, 4) is 5.75 Å². The maximum absolute atomic E-state index is 5.43. The van der Waals surface area contributed by atoms with E-state index >= 15 is 0 Å². The van der Waals surface area contributed by atoms with Gasteiger partial charge in [-0.3, -0.25) is 0 Å². The molecule has 1 unspecified atom stereocenters. The third-order valence-corrected chi connectivity index (χ3v) is 4.28. The van der Waals surface area contributed by atoms with Gasteiger partial charge in [0.15, 0.2) is 0 Å². The molecule has 0 amide bonds. The molecule has 3 rings (SSSR count). The molecule has 0 saturated carbocycles. The molecule has 2 N–H and O–H groups in total. The number of hydrogen-bond donors (Lipinski definition) is 2. The van der Waals surface area contributed by atoms with Crippen molar-refractivity contribution in [1.82, 2.24) is 10.3 Å². The van der Waals surface area contributed by atoms with Gasteiger partial charge in [-0.05, 0) is 49.6 Å². The fourth-order valence-electron chi connectivity index (χ4n) is 3.07. The van der Waals surface area contributed by atoms with Crippen molar-refractivity contribution in [1.29, 1.82) is 0 Å². The van der Waals surface area contributed by atoms with Crippen LogP contribution in [0.2, 0.25) is 0 Å². The van der Waals surface area contributed by atoms with E-state index in [1.54, 1.807) is 7.11 Å². The van der Waals surface area contributed by atoms with Gasteiger partial charge in [0, 0.05) is 23.1 Å². The number of benzene rings is 2. The maximum Gasteiger partial charge on any atom is 0.122 e. The molecular weight excluding hydrogens is 284 g/mol. The van der Waals surface area contributed by atoms with Crippen molar-refractivity contribution < 1.29 is 4.74 Å². The van der Waals surface area contributed by atoms with Crippen LogP contribution in [0.5, 0.6) is 5.75 Å². The Morgan fingerprint density at radius 1 is 1.04 bits per heavy atom. The van der Waals surface area contributed by atoms with E-state index in [1.807, 2.05) is 12.1 Å². The van der Waals surface area contributed by atoms with Gasteiger partial charge in [-0.1, -0.05) is 36.4 Å². The van der Waals surface area contributed by atoms with Gasteiger partial charge in [-0.2, -0.15) is 0 Å². The molecule has 0 aliphatic carbocycles. The number of aromatic amines is 1. The van der Waals surface area contributed by atoms with Crippen molar-refractivity contribution in [2.24, 2.45) is 0 Å². The fourth-order valence-corrected chi connectivity index (χ4v) is 3.07. The van der Waals surface area contributed by atoms with Crippen molar-refractivity contribution in [3.05, 3.63) is 65.9 Å². The van der Waals surface area contributed by atoms with Gasteiger partial charge < -0.3 is 15.0 Å². The van der Waals surface area contributed by atoms with E-state index in [0.717, 1.165) is 25.1 Å². The molecule has 3 nitrogen and oxygen atoms in total. The normalized spacial score (nSPS) is 12.4. The summed E-state index contributed by atoms with van der Waals surface area (Å²) in [4.78, 5) is 3.34. The standard InChI is InChI=1S/C20H24N2O/c1-15(13-16-7-3-6-10-20(16)23-2)21-12-11-17-14-22-19-9-5-4-8-18(17)19/h3-10,14-15,21-22H,11-13H2,1-2H3. The molecular formula is C20H24N2O. The Morgan fingerprint density at radius 3 is 2.70 bits per heavy atom. The summed E-state index contributed by atoms with van der Waals surface area (Å²) in [6, 6.07) is 17.1. The maximum atomic E-state index is 5.43. The molecule has 23 heavy (non-hydrogen) atoms. The minimum absolute atomic E-state index is 0.413. The van der Waals surface area contributed by atoms with Crippen molar-refractivity contribution in [2.75, 3.05) is 13.7 Å². The molecule has 0 aliphatic heterocycles. The molecule has 0 radical (unpaired) electrons. The molecule has 1 aromatic heterocycles. The minimum atomic E-state index is 0.413. The summed E-state index contributed by atoms with van der Waals surface area (Å²) < 4.78 is 5.43. The highest BCUT2D eigenvalue weighted by Crippen LogP contribution is 2.19. The number of rotatable bonds is 7. The monoisotopic (exact) mass is 308 g/mol. The van der Waals surface area contributed by atoms with E-state index in [0.29, 0.717) is 6.04 Å². The molecule has 0 saturated heterocycles. The number of nitrogens with one attached hydrogen (secondary N) is 2. The van der Waals surface area contributed by atoms with Crippen LogP contribution in [0.1, 0.15) is 18.1 Å². The number of para-hydroxylation sites is 2. The first-order valence-corrected chi connectivity index (χ1v) is 8.18. The lowest BCUT2D eigenvalue weighted by Gasteiger charge is -2.15. The topological polar surface area (TPSA) is 37.0 Å². The first kappa shape index (κ1) is 15.6. The number of ether oxygens (including phenoxy) is 1. The van der Waals surface area contributed by atoms with Crippen LogP contribution in [0.3, 0.4) is 0 Å². The fraction of sp³-hybridized carbons (Fsp3) is 0.300. The van der Waals surface area contributed by atoms with Crippen LogP contribution >= 0.6 is 0 Å². The zero-order valence-electron chi connectivity index (χ0n) is 13.8. The lowest BCUT2D eigenvalue weighted by Crippen LogP contribution is -2.30. The van der Waals surface area contributed by atoms with E-state index in [1.165, 1.54) is 22.0 Å². The molecule has 3 aromatic rings. The third kappa shape index (κ3) is 3.74. The third-order valence-electron chi connectivity index (χ3n) is 4.28. The Kier molecular flexibility index (Phi) is 4.99. The lowest BCUT2D eigenvalue weighted by molar-refractivity contribution is 0.406. The van der Waals surface area contributed by atoms with E-state index < -0.39 is 0 Å². The van der Waals surface area contributed by atoms with Gasteiger partial charge in [0.2, 0.25) is 0 Å². The molecule has 2 aromatic carbocycles. The minimum Gasteiger partial charge on any atom is -0.496 e. The summed E-state index contributed by atoms with van der Waals surface area (Å²) >= 11 is 0. The van der Waals surface area contributed by atoms with Crippen LogP contribution in [0.15, 0.2) is 54.7 Å². The first-order chi connectivity index (χ1) is 11.3. The van der Waals surface area contributed by atoms with Gasteiger partial charge in [0.05, 0.1) is 7.11 Å². The highest BCUT2D eigenvalue weighted by molar-refractivity contribution is 5.83. The first-order valence-electron chi connectivity index (χ1n) is 8.18. The average Bonchev–Trinajstić information content (AvgIpc) is 2.99. The molecule has 1 heterocycles. The molecule has 0 bridgehead atoms. The van der Waals surface area contributed by atoms with Gasteiger partial charge in [0.1, 0.15) is 5.75 Å². The highest BCUT2D eigenvalue weighted by atomic mass is 16.5. The van der Waals surface area contributed by atoms with Crippen LogP contribution in [-0.4, -0.2) is 24.7 Å². The number of fused-ring (bicyclic) bond motifs is 1. The summed E-state index contributed by atoms with van der Waals surface area (Å²) in [5.74, 6) is 0.970. The molecule has 1 atom stereocenters. The summed E-state index contributed by atoms with van der Waals surface area (Å²) in [5, 5.41) is 4.94. The Bertz CT molecular complexity index is 763. The SMILES string of the molecule is COc1ccccc1CC(C)NCCc1c[nH]c2ccccc12. The van der Waals surface area contributed by atoms with Crippen LogP contribution in [0, 0.1) is 0 Å². The second-order valence-corrected chi connectivity index (χ2v) is 5.98. The van der Waals surface area contributed by atoms with Crippen LogP contribution < -0.4 is 10.1 Å². The van der Waals surface area contributed by atoms with Crippen molar-refractivity contribution >= 4 is 10.9 Å². The summed E-state index contributed by atoms with van der Waals surface area (Å²) in [5.41, 5.74) is 3.84. The second kappa shape index (κ2) is 7.34. The van der Waals surface area contributed by atoms with Crippen molar-refractivity contribution in [2.45, 2.75) is 25.8 Å². The molecule has 120 valence electrons. The Morgan fingerprint density at radius 2 is 1.83 bits per heavy atom. The molecule has 3 heteroatoms. The largest absolute Gasteiger partial charge is 0.496 e. The number of H-pyrrole nitrogens is 1. The Hall–Kier alpha value is -2.26. The van der Waals surface area contributed by atoms with E-state index in [-0.39, 0.29) is 0 Å².